The third-order valence-electron chi connectivity index (χ3n) is 8.11. The lowest BCUT2D eigenvalue weighted by Crippen LogP contribution is -2.57. The first-order valence-electron chi connectivity index (χ1n) is 11.7. The van der Waals surface area contributed by atoms with E-state index in [-0.39, 0.29) is 0 Å². The molecule has 0 spiro atoms. The third kappa shape index (κ3) is 3.66. The monoisotopic (exact) mass is 388 g/mol. The van der Waals surface area contributed by atoms with E-state index in [0.29, 0.717) is 23.3 Å². The summed E-state index contributed by atoms with van der Waals surface area (Å²) < 4.78 is 0. The minimum atomic E-state index is 0.304. The maximum Gasteiger partial charge on any atom is 0.0345 e. The van der Waals surface area contributed by atoms with Crippen molar-refractivity contribution in [1.82, 2.24) is 10.2 Å². The number of benzene rings is 2. The van der Waals surface area contributed by atoms with Gasteiger partial charge in [0.15, 0.2) is 0 Å². The molecule has 4 fully saturated rings. The van der Waals surface area contributed by atoms with Crippen molar-refractivity contribution in [2.24, 2.45) is 5.92 Å². The van der Waals surface area contributed by atoms with Crippen LogP contribution in [0.5, 0.6) is 0 Å². The molecule has 2 unspecified atom stereocenters. The molecule has 0 radical (unpaired) electrons. The van der Waals surface area contributed by atoms with Crippen molar-refractivity contribution < 1.29 is 0 Å². The minimum absolute atomic E-state index is 0.304. The van der Waals surface area contributed by atoms with E-state index >= 15 is 0 Å². The summed E-state index contributed by atoms with van der Waals surface area (Å²) in [7, 11) is 0. The van der Waals surface area contributed by atoms with Gasteiger partial charge in [0, 0.05) is 12.1 Å². The van der Waals surface area contributed by atoms with Crippen LogP contribution in [0.25, 0.3) is 0 Å². The molecule has 3 aliphatic heterocycles. The fourth-order valence-electron chi connectivity index (χ4n) is 6.48. The Morgan fingerprint density at radius 1 is 0.759 bits per heavy atom. The van der Waals surface area contributed by atoms with Crippen LogP contribution in [0.1, 0.15) is 66.2 Å². The maximum absolute atomic E-state index is 3.93. The van der Waals surface area contributed by atoms with Crippen LogP contribution in [0.3, 0.4) is 0 Å². The van der Waals surface area contributed by atoms with Crippen molar-refractivity contribution in [2.75, 3.05) is 26.2 Å². The molecular formula is C27H36N2. The Balaban J connectivity index is 1.56. The van der Waals surface area contributed by atoms with E-state index in [9.17, 15) is 0 Å². The lowest BCUT2D eigenvalue weighted by Gasteiger charge is -2.52. The summed E-state index contributed by atoms with van der Waals surface area (Å²) in [6, 6.07) is 18.9. The normalized spacial score (nSPS) is 32.8. The van der Waals surface area contributed by atoms with E-state index in [0.717, 1.165) is 13.1 Å². The Morgan fingerprint density at radius 3 is 1.79 bits per heavy atom. The van der Waals surface area contributed by atoms with Gasteiger partial charge in [0.05, 0.1) is 0 Å². The largest absolute Gasteiger partial charge is 0.315 e. The molecule has 2 heteroatoms. The number of piperidine rings is 1. The van der Waals surface area contributed by atoms with Crippen LogP contribution >= 0.6 is 0 Å². The fraction of sp³-hybridized carbons (Fsp3) is 0.556. The number of hydrogen-bond donors (Lipinski definition) is 1. The Labute approximate surface area is 176 Å². The number of rotatable bonds is 3. The number of likely N-dealkylation sites (tertiary alicyclic amines) is 1. The van der Waals surface area contributed by atoms with Crippen LogP contribution in [0.15, 0.2) is 48.5 Å². The number of fused-ring (bicyclic) bond motifs is 4. The average molecular weight is 389 g/mol. The standard InChI is InChI=1S/C27H36N2/c1-20-6-10-22(11-7-20)24-16-27(29-14-4-3-5-15-29)17-25(26(24)18-28-19-27)23-12-8-21(2)9-13-23/h6-13,24-26,28H,3-5,14-19H2,1-2H3. The number of nitrogens with one attached hydrogen (secondary N) is 1. The summed E-state index contributed by atoms with van der Waals surface area (Å²) in [5, 5.41) is 3.93. The van der Waals surface area contributed by atoms with Crippen LogP contribution in [0, 0.1) is 19.8 Å². The van der Waals surface area contributed by atoms with Crippen molar-refractivity contribution in [3.63, 3.8) is 0 Å². The smallest absolute Gasteiger partial charge is 0.0345 e. The summed E-state index contributed by atoms with van der Waals surface area (Å²) >= 11 is 0. The first-order valence-corrected chi connectivity index (χ1v) is 11.7. The molecule has 4 aliphatic rings. The predicted molar refractivity (Wildman–Crippen MR) is 122 cm³/mol. The highest BCUT2D eigenvalue weighted by Gasteiger charge is 2.51. The number of aryl methyl sites for hydroxylation is 2. The van der Waals surface area contributed by atoms with E-state index in [2.05, 4.69) is 72.6 Å². The lowest BCUT2D eigenvalue weighted by molar-refractivity contribution is 0.0209. The van der Waals surface area contributed by atoms with Gasteiger partial charge in [0.2, 0.25) is 0 Å². The first-order chi connectivity index (χ1) is 14.1. The van der Waals surface area contributed by atoms with Crippen LogP contribution in [-0.2, 0) is 0 Å². The van der Waals surface area contributed by atoms with Gasteiger partial charge in [-0.1, -0.05) is 66.1 Å². The van der Waals surface area contributed by atoms with Gasteiger partial charge in [0.1, 0.15) is 0 Å². The van der Waals surface area contributed by atoms with Crippen LogP contribution in [0.2, 0.25) is 0 Å². The second-order valence-electron chi connectivity index (χ2n) is 10.0. The molecule has 0 aromatic heterocycles. The highest BCUT2D eigenvalue weighted by Crippen LogP contribution is 2.53. The lowest BCUT2D eigenvalue weighted by atomic mass is 9.61. The molecule has 1 N–H and O–H groups in total. The molecular weight excluding hydrogens is 352 g/mol. The van der Waals surface area contributed by atoms with Crippen molar-refractivity contribution in [2.45, 2.75) is 63.3 Å². The molecule has 2 bridgehead atoms. The van der Waals surface area contributed by atoms with Gasteiger partial charge in [-0.3, -0.25) is 4.90 Å². The zero-order valence-electron chi connectivity index (χ0n) is 18.2. The van der Waals surface area contributed by atoms with Crippen molar-refractivity contribution in [1.29, 1.82) is 0 Å². The zero-order valence-corrected chi connectivity index (χ0v) is 18.2. The number of hydrogen-bond acceptors (Lipinski definition) is 2. The fourth-order valence-corrected chi connectivity index (χ4v) is 6.48. The Morgan fingerprint density at radius 2 is 1.28 bits per heavy atom. The highest BCUT2D eigenvalue weighted by molar-refractivity contribution is 5.33. The van der Waals surface area contributed by atoms with Gasteiger partial charge >= 0.3 is 0 Å². The Hall–Kier alpha value is -1.64. The topological polar surface area (TPSA) is 15.3 Å². The van der Waals surface area contributed by atoms with Crippen molar-refractivity contribution in [3.8, 4) is 0 Å². The van der Waals surface area contributed by atoms with Crippen LogP contribution in [-0.4, -0.2) is 36.6 Å². The van der Waals surface area contributed by atoms with E-state index in [1.54, 1.807) is 11.1 Å². The zero-order chi connectivity index (χ0) is 19.8. The predicted octanol–water partition coefficient (Wildman–Crippen LogP) is 5.41. The third-order valence-corrected chi connectivity index (χ3v) is 8.11. The van der Waals surface area contributed by atoms with Crippen molar-refractivity contribution >= 4 is 0 Å². The van der Waals surface area contributed by atoms with Gasteiger partial charge in [-0.25, -0.2) is 0 Å². The van der Waals surface area contributed by atoms with Gasteiger partial charge in [0.25, 0.3) is 0 Å². The molecule has 3 heterocycles. The van der Waals surface area contributed by atoms with Gasteiger partial charge < -0.3 is 5.32 Å². The molecule has 1 aliphatic carbocycles. The summed E-state index contributed by atoms with van der Waals surface area (Å²) in [5.41, 5.74) is 6.15. The second-order valence-corrected chi connectivity index (χ2v) is 10.0. The Bertz CT molecular complexity index is 761. The first kappa shape index (κ1) is 19.3. The maximum atomic E-state index is 3.93. The number of nitrogens with zero attached hydrogens (tertiary/aromatic N) is 1. The summed E-state index contributed by atoms with van der Waals surface area (Å²) in [4.78, 5) is 2.88. The molecule has 2 aromatic carbocycles. The molecule has 29 heavy (non-hydrogen) atoms. The van der Waals surface area contributed by atoms with Crippen LogP contribution < -0.4 is 5.32 Å². The van der Waals surface area contributed by atoms with Crippen LogP contribution in [0.4, 0.5) is 0 Å². The van der Waals surface area contributed by atoms with E-state index < -0.39 is 0 Å². The van der Waals surface area contributed by atoms with Gasteiger partial charge in [-0.15, -0.1) is 0 Å². The molecule has 0 amide bonds. The van der Waals surface area contributed by atoms with E-state index in [4.69, 9.17) is 0 Å². The molecule has 1 saturated carbocycles. The molecule has 2 aromatic rings. The SMILES string of the molecule is Cc1ccc(C2CC3(N4CCCCC4)CNCC2C(c2ccc(C)cc2)C3)cc1. The second kappa shape index (κ2) is 7.89. The minimum Gasteiger partial charge on any atom is -0.315 e. The summed E-state index contributed by atoms with van der Waals surface area (Å²) in [6.07, 6.45) is 6.78. The molecule has 154 valence electrons. The summed E-state index contributed by atoms with van der Waals surface area (Å²) in [5.74, 6) is 1.97. The van der Waals surface area contributed by atoms with Gasteiger partial charge in [-0.05, 0) is 88.0 Å². The molecule has 3 saturated heterocycles. The van der Waals surface area contributed by atoms with Gasteiger partial charge in [-0.2, -0.15) is 0 Å². The van der Waals surface area contributed by atoms with Crippen molar-refractivity contribution in [3.05, 3.63) is 70.8 Å². The molecule has 2 atom stereocenters. The Kier molecular flexibility index (Phi) is 5.26. The van der Waals surface area contributed by atoms with E-state index in [1.807, 2.05) is 0 Å². The highest BCUT2D eigenvalue weighted by atomic mass is 15.2. The average Bonchev–Trinajstić information content (AvgIpc) is 3.07. The molecule has 6 rings (SSSR count). The summed E-state index contributed by atoms with van der Waals surface area (Å²) in [6.45, 7) is 9.28. The van der Waals surface area contributed by atoms with E-state index in [1.165, 1.54) is 56.3 Å². The molecule has 2 nitrogen and oxygen atoms in total. The quantitative estimate of drug-likeness (QED) is 0.756.